The van der Waals surface area contributed by atoms with Crippen molar-refractivity contribution < 1.29 is 0 Å². The number of halogens is 1. The van der Waals surface area contributed by atoms with E-state index >= 15 is 0 Å². The zero-order valence-corrected chi connectivity index (χ0v) is 10.1. The summed E-state index contributed by atoms with van der Waals surface area (Å²) in [4.78, 5) is 2.33. The van der Waals surface area contributed by atoms with Crippen molar-refractivity contribution >= 4 is 11.6 Å². The first-order valence-corrected chi connectivity index (χ1v) is 5.93. The third-order valence-corrected chi connectivity index (χ3v) is 2.75. The first kappa shape index (κ1) is 13.7. The minimum absolute atomic E-state index is 0.637. The second-order valence-electron chi connectivity index (χ2n) is 3.71. The fourth-order valence-electron chi connectivity index (χ4n) is 1.37. The Morgan fingerprint density at radius 2 is 2.07 bits per heavy atom. The van der Waals surface area contributed by atoms with Crippen molar-refractivity contribution in [2.24, 2.45) is 5.92 Å². The van der Waals surface area contributed by atoms with Gasteiger partial charge < -0.3 is 4.90 Å². The Balaban J connectivity index is 3.56. The molecule has 0 N–H and O–H groups in total. The van der Waals surface area contributed by atoms with Crippen LogP contribution in [0.5, 0.6) is 0 Å². The van der Waals surface area contributed by atoms with Gasteiger partial charge in [0.25, 0.3) is 0 Å². The molecule has 82 valence electrons. The zero-order chi connectivity index (χ0) is 10.8. The van der Waals surface area contributed by atoms with E-state index in [2.05, 4.69) is 24.8 Å². The molecule has 0 aromatic heterocycles. The number of hydrogen-bond donors (Lipinski definition) is 0. The lowest BCUT2D eigenvalue weighted by atomic mass is 10.1. The highest BCUT2D eigenvalue weighted by molar-refractivity contribution is 6.17. The summed E-state index contributed by atoms with van der Waals surface area (Å²) in [5, 5.41) is 8.48. The lowest BCUT2D eigenvalue weighted by Crippen LogP contribution is -2.26. The summed E-state index contributed by atoms with van der Waals surface area (Å²) < 4.78 is 0. The van der Waals surface area contributed by atoms with Gasteiger partial charge in [-0.2, -0.15) is 5.26 Å². The Morgan fingerprint density at radius 3 is 2.57 bits per heavy atom. The van der Waals surface area contributed by atoms with E-state index < -0.39 is 0 Å². The molecule has 0 radical (unpaired) electrons. The van der Waals surface area contributed by atoms with Crippen molar-refractivity contribution in [3.63, 3.8) is 0 Å². The van der Waals surface area contributed by atoms with E-state index in [1.807, 2.05) is 0 Å². The second kappa shape index (κ2) is 9.30. The van der Waals surface area contributed by atoms with E-state index in [1.54, 1.807) is 0 Å². The average Bonchev–Trinajstić information content (AvgIpc) is 2.19. The highest BCUT2D eigenvalue weighted by Crippen LogP contribution is 2.09. The molecule has 0 rings (SSSR count). The van der Waals surface area contributed by atoms with Gasteiger partial charge in [0, 0.05) is 18.8 Å². The van der Waals surface area contributed by atoms with Gasteiger partial charge in [-0.1, -0.05) is 13.8 Å². The highest BCUT2D eigenvalue weighted by Gasteiger charge is 2.05. The van der Waals surface area contributed by atoms with Crippen molar-refractivity contribution in [1.29, 1.82) is 5.26 Å². The van der Waals surface area contributed by atoms with Crippen LogP contribution in [-0.2, 0) is 0 Å². The van der Waals surface area contributed by atoms with Gasteiger partial charge in [-0.3, -0.25) is 0 Å². The van der Waals surface area contributed by atoms with Crippen molar-refractivity contribution in [3.05, 3.63) is 0 Å². The topological polar surface area (TPSA) is 27.0 Å². The summed E-state index contributed by atoms with van der Waals surface area (Å²) in [5.74, 6) is 1.45. The summed E-state index contributed by atoms with van der Waals surface area (Å²) in [6.45, 7) is 7.41. The number of rotatable bonds is 8. The zero-order valence-electron chi connectivity index (χ0n) is 9.30. The molecule has 0 aliphatic rings. The molecule has 0 aliphatic heterocycles. The van der Waals surface area contributed by atoms with E-state index in [4.69, 9.17) is 16.9 Å². The van der Waals surface area contributed by atoms with Crippen molar-refractivity contribution in [2.75, 3.05) is 25.5 Å². The average molecular weight is 217 g/mol. The normalized spacial score (nSPS) is 12.8. The fraction of sp³-hybridized carbons (Fsp3) is 0.909. The molecule has 14 heavy (non-hydrogen) atoms. The van der Waals surface area contributed by atoms with Crippen LogP contribution in [-0.4, -0.2) is 30.4 Å². The van der Waals surface area contributed by atoms with Gasteiger partial charge in [0.05, 0.1) is 6.07 Å². The van der Waals surface area contributed by atoms with Crippen molar-refractivity contribution in [1.82, 2.24) is 4.90 Å². The van der Waals surface area contributed by atoms with Crippen LogP contribution in [0.25, 0.3) is 0 Å². The molecule has 0 saturated heterocycles. The van der Waals surface area contributed by atoms with E-state index in [1.165, 1.54) is 6.42 Å². The number of nitriles is 1. The van der Waals surface area contributed by atoms with Crippen LogP contribution in [0.1, 0.15) is 33.1 Å². The van der Waals surface area contributed by atoms with Crippen LogP contribution in [0.15, 0.2) is 0 Å². The standard InChI is InChI=1S/C11H21ClN2/c1-3-14(9-4-8-13)10-6-11(2)5-7-12/h11H,3-7,9-10H2,1-2H3. The predicted molar refractivity (Wildman–Crippen MR) is 61.5 cm³/mol. The quantitative estimate of drug-likeness (QED) is 0.584. The Morgan fingerprint density at radius 1 is 1.36 bits per heavy atom. The van der Waals surface area contributed by atoms with Gasteiger partial charge in [0.2, 0.25) is 0 Å². The summed E-state index contributed by atoms with van der Waals surface area (Å²) in [6.07, 6.45) is 2.92. The molecule has 0 aromatic carbocycles. The van der Waals surface area contributed by atoms with E-state index in [9.17, 15) is 0 Å². The third-order valence-electron chi connectivity index (χ3n) is 2.53. The molecule has 3 heteroatoms. The smallest absolute Gasteiger partial charge is 0.0635 e. The molecule has 0 aromatic rings. The molecular formula is C11H21ClN2. The Hall–Kier alpha value is -0.260. The third kappa shape index (κ3) is 7.17. The second-order valence-corrected chi connectivity index (χ2v) is 4.09. The van der Waals surface area contributed by atoms with Crippen molar-refractivity contribution in [3.8, 4) is 6.07 Å². The van der Waals surface area contributed by atoms with Gasteiger partial charge in [-0.05, 0) is 31.8 Å². The SMILES string of the molecule is CCN(CCC#N)CCC(C)CCCl. The maximum Gasteiger partial charge on any atom is 0.0635 e. The van der Waals surface area contributed by atoms with Gasteiger partial charge in [-0.25, -0.2) is 0 Å². The van der Waals surface area contributed by atoms with Crippen LogP contribution in [0.3, 0.4) is 0 Å². The minimum atomic E-state index is 0.637. The van der Waals surface area contributed by atoms with Gasteiger partial charge in [0.15, 0.2) is 0 Å². The Kier molecular flexibility index (Phi) is 9.13. The van der Waals surface area contributed by atoms with E-state index in [0.29, 0.717) is 12.3 Å². The summed E-state index contributed by atoms with van der Waals surface area (Å²) in [5.41, 5.74) is 0. The lowest BCUT2D eigenvalue weighted by Gasteiger charge is -2.20. The van der Waals surface area contributed by atoms with E-state index in [0.717, 1.165) is 31.9 Å². The summed E-state index contributed by atoms with van der Waals surface area (Å²) >= 11 is 5.67. The maximum atomic E-state index is 8.48. The number of alkyl halides is 1. The predicted octanol–water partition coefficient (Wildman–Crippen LogP) is 2.88. The van der Waals surface area contributed by atoms with Crippen LogP contribution in [0.2, 0.25) is 0 Å². The molecule has 0 bridgehead atoms. The number of nitrogens with zero attached hydrogens (tertiary/aromatic N) is 2. The lowest BCUT2D eigenvalue weighted by molar-refractivity contribution is 0.271. The van der Waals surface area contributed by atoms with Gasteiger partial charge >= 0.3 is 0 Å². The molecule has 0 aliphatic carbocycles. The van der Waals surface area contributed by atoms with Crippen LogP contribution < -0.4 is 0 Å². The molecule has 1 atom stereocenters. The van der Waals surface area contributed by atoms with Crippen LogP contribution >= 0.6 is 11.6 Å². The monoisotopic (exact) mass is 216 g/mol. The number of hydrogen-bond acceptors (Lipinski definition) is 2. The molecule has 0 heterocycles. The summed E-state index contributed by atoms with van der Waals surface area (Å²) in [7, 11) is 0. The Bertz CT molecular complexity index is 165. The van der Waals surface area contributed by atoms with Crippen LogP contribution in [0.4, 0.5) is 0 Å². The molecular weight excluding hydrogens is 196 g/mol. The van der Waals surface area contributed by atoms with E-state index in [-0.39, 0.29) is 0 Å². The first-order valence-electron chi connectivity index (χ1n) is 5.39. The molecule has 0 amide bonds. The van der Waals surface area contributed by atoms with Gasteiger partial charge in [0.1, 0.15) is 0 Å². The molecule has 0 fully saturated rings. The molecule has 1 unspecified atom stereocenters. The van der Waals surface area contributed by atoms with Crippen LogP contribution in [0, 0.1) is 17.2 Å². The molecule has 0 spiro atoms. The van der Waals surface area contributed by atoms with Gasteiger partial charge in [-0.15, -0.1) is 11.6 Å². The minimum Gasteiger partial charge on any atom is -0.303 e. The highest BCUT2D eigenvalue weighted by atomic mass is 35.5. The molecule has 2 nitrogen and oxygen atoms in total. The van der Waals surface area contributed by atoms with Crippen molar-refractivity contribution in [2.45, 2.75) is 33.1 Å². The Labute approximate surface area is 92.8 Å². The first-order chi connectivity index (χ1) is 6.74. The summed E-state index contributed by atoms with van der Waals surface area (Å²) in [6, 6.07) is 2.18. The largest absolute Gasteiger partial charge is 0.303 e. The maximum absolute atomic E-state index is 8.48. The molecule has 0 saturated carbocycles. The fourth-order valence-corrected chi connectivity index (χ4v) is 1.74.